The molecule has 12 heteroatoms. The molecule has 0 radical (unpaired) electrons. The van der Waals surface area contributed by atoms with Crippen molar-refractivity contribution in [1.82, 2.24) is 10.7 Å². The fourth-order valence-corrected chi connectivity index (χ4v) is 3.61. The number of amides is 3. The summed E-state index contributed by atoms with van der Waals surface area (Å²) in [5, 5.41) is 9.42. The van der Waals surface area contributed by atoms with E-state index in [9.17, 15) is 14.4 Å². The second-order valence-electron chi connectivity index (χ2n) is 7.07. The summed E-state index contributed by atoms with van der Waals surface area (Å²) in [6.07, 6.45) is 2.80. The first kappa shape index (κ1) is 26.8. The largest absolute Gasteiger partial charge is 0.490 e. The van der Waals surface area contributed by atoms with Crippen molar-refractivity contribution in [3.63, 3.8) is 0 Å². The average molecular weight is 578 g/mol. The molecule has 3 N–H and O–H groups in total. The molecule has 3 amide bonds. The van der Waals surface area contributed by atoms with E-state index < -0.39 is 11.8 Å². The fraction of sp³-hybridized carbons (Fsp3) is 0.167. The summed E-state index contributed by atoms with van der Waals surface area (Å²) < 4.78 is 16.9. The Morgan fingerprint density at radius 3 is 2.67 bits per heavy atom. The molecule has 1 heterocycles. The van der Waals surface area contributed by atoms with Gasteiger partial charge in [0.15, 0.2) is 18.1 Å². The molecule has 0 saturated heterocycles. The number of hydrogen-bond donors (Lipinski definition) is 3. The topological polar surface area (TPSA) is 131 Å². The molecule has 36 heavy (non-hydrogen) atoms. The number of halogens is 2. The van der Waals surface area contributed by atoms with E-state index in [-0.39, 0.29) is 19.1 Å². The van der Waals surface area contributed by atoms with Crippen molar-refractivity contribution in [1.29, 1.82) is 0 Å². The Hall–Kier alpha value is -3.83. The minimum absolute atomic E-state index is 0.0756. The van der Waals surface area contributed by atoms with Gasteiger partial charge >= 0.3 is 11.8 Å². The first-order chi connectivity index (χ1) is 17.4. The summed E-state index contributed by atoms with van der Waals surface area (Å²) in [4.78, 5) is 36.1. The van der Waals surface area contributed by atoms with Gasteiger partial charge < -0.3 is 24.5 Å². The normalized spacial score (nSPS) is 10.6. The van der Waals surface area contributed by atoms with Crippen molar-refractivity contribution in [2.24, 2.45) is 5.10 Å². The molecule has 0 unspecified atom stereocenters. The summed E-state index contributed by atoms with van der Waals surface area (Å²) in [5.41, 5.74) is 3.24. The van der Waals surface area contributed by atoms with Gasteiger partial charge in [-0.05, 0) is 70.9 Å². The molecular formula is C24H22BrClN4O6. The average Bonchev–Trinajstić information content (AvgIpc) is 3.36. The highest BCUT2D eigenvalue weighted by Gasteiger charge is 2.15. The summed E-state index contributed by atoms with van der Waals surface area (Å²) >= 11 is 9.33. The van der Waals surface area contributed by atoms with E-state index in [0.717, 1.165) is 0 Å². The number of hydrazone groups is 1. The predicted octanol–water partition coefficient (Wildman–Crippen LogP) is 3.88. The van der Waals surface area contributed by atoms with Gasteiger partial charge in [-0.25, -0.2) is 5.43 Å². The molecule has 0 fully saturated rings. The molecule has 0 saturated carbocycles. The highest BCUT2D eigenvalue weighted by molar-refractivity contribution is 9.10. The molecule has 1 aromatic heterocycles. The molecular weight excluding hydrogens is 556 g/mol. The molecule has 10 nitrogen and oxygen atoms in total. The molecule has 0 aliphatic heterocycles. The van der Waals surface area contributed by atoms with Crippen LogP contribution in [0.5, 0.6) is 11.5 Å². The van der Waals surface area contributed by atoms with Crippen LogP contribution >= 0.6 is 27.5 Å². The lowest BCUT2D eigenvalue weighted by molar-refractivity contribution is -0.139. The van der Waals surface area contributed by atoms with Gasteiger partial charge in [-0.3, -0.25) is 14.4 Å². The summed E-state index contributed by atoms with van der Waals surface area (Å²) in [5.74, 6) is -1.00. The number of benzene rings is 2. The highest BCUT2D eigenvalue weighted by Crippen LogP contribution is 2.36. The molecule has 0 aliphatic rings. The van der Waals surface area contributed by atoms with Crippen LogP contribution in [-0.4, -0.2) is 37.1 Å². The molecule has 3 rings (SSSR count). The van der Waals surface area contributed by atoms with E-state index in [0.29, 0.717) is 44.6 Å². The number of ether oxygens (including phenoxy) is 2. The van der Waals surface area contributed by atoms with Gasteiger partial charge in [0.1, 0.15) is 5.76 Å². The zero-order valence-corrected chi connectivity index (χ0v) is 21.4. The van der Waals surface area contributed by atoms with Crippen LogP contribution in [0, 0.1) is 0 Å². The zero-order valence-electron chi connectivity index (χ0n) is 19.0. The van der Waals surface area contributed by atoms with Crippen molar-refractivity contribution in [3.8, 4) is 11.5 Å². The van der Waals surface area contributed by atoms with Crippen LogP contribution in [-0.2, 0) is 20.9 Å². The standard InChI is InChI=1S/C24H22BrClN4O6/c1-2-34-20-10-15(12-28-30-24(33)23(32)27-13-18-7-4-8-35-18)9-19(25)22(20)36-14-21(31)29-17-6-3-5-16(26)11-17/h3-12H,2,13-14H2,1H3,(H,27,32)(H,29,31)(H,30,33)/b28-12-. The van der Waals surface area contributed by atoms with Gasteiger partial charge in [0, 0.05) is 10.7 Å². The molecule has 0 bridgehead atoms. The maximum Gasteiger partial charge on any atom is 0.329 e. The second-order valence-corrected chi connectivity index (χ2v) is 8.36. The number of anilines is 1. The number of carbonyl (C=O) groups is 3. The maximum absolute atomic E-state index is 12.3. The SMILES string of the molecule is CCOc1cc(/C=N\NC(=O)C(=O)NCc2ccco2)cc(Br)c1OCC(=O)Nc1cccc(Cl)c1. The van der Waals surface area contributed by atoms with Gasteiger partial charge in [0.25, 0.3) is 5.91 Å². The van der Waals surface area contributed by atoms with Crippen LogP contribution in [0.25, 0.3) is 0 Å². The van der Waals surface area contributed by atoms with Crippen molar-refractivity contribution in [2.45, 2.75) is 13.5 Å². The van der Waals surface area contributed by atoms with Gasteiger partial charge in [-0.1, -0.05) is 17.7 Å². The third-order valence-corrected chi connectivity index (χ3v) is 5.20. The van der Waals surface area contributed by atoms with E-state index in [1.807, 2.05) is 0 Å². The fourth-order valence-electron chi connectivity index (χ4n) is 2.84. The van der Waals surface area contributed by atoms with Crippen molar-refractivity contribution in [2.75, 3.05) is 18.5 Å². The number of furan rings is 1. The lowest BCUT2D eigenvalue weighted by atomic mass is 10.2. The Morgan fingerprint density at radius 1 is 1.11 bits per heavy atom. The zero-order chi connectivity index (χ0) is 25.9. The number of carbonyl (C=O) groups excluding carboxylic acids is 3. The van der Waals surface area contributed by atoms with E-state index in [1.165, 1.54) is 12.5 Å². The first-order valence-corrected chi connectivity index (χ1v) is 11.8. The molecule has 2 aromatic carbocycles. The number of hydrogen-bond acceptors (Lipinski definition) is 7. The summed E-state index contributed by atoms with van der Waals surface area (Å²) in [6.45, 7) is 1.94. The number of rotatable bonds is 10. The molecule has 0 atom stereocenters. The Labute approximate surface area is 220 Å². The van der Waals surface area contributed by atoms with Gasteiger partial charge in [-0.15, -0.1) is 0 Å². The summed E-state index contributed by atoms with van der Waals surface area (Å²) in [6, 6.07) is 13.4. The smallest absolute Gasteiger partial charge is 0.329 e. The van der Waals surface area contributed by atoms with Crippen molar-refractivity contribution < 1.29 is 28.3 Å². The second kappa shape index (κ2) is 13.3. The Kier molecular flexibility index (Phi) is 9.90. The molecule has 0 aliphatic carbocycles. The van der Waals surface area contributed by atoms with Crippen LogP contribution < -0.4 is 25.5 Å². The highest BCUT2D eigenvalue weighted by atomic mass is 79.9. The Bertz CT molecular complexity index is 1250. The maximum atomic E-state index is 12.3. The van der Waals surface area contributed by atoms with Gasteiger partial charge in [-0.2, -0.15) is 5.10 Å². The lowest BCUT2D eigenvalue weighted by Gasteiger charge is -2.14. The molecule has 0 spiro atoms. The van der Waals surface area contributed by atoms with Gasteiger partial charge in [0.2, 0.25) is 0 Å². The number of nitrogens with zero attached hydrogens (tertiary/aromatic N) is 1. The Balaban J connectivity index is 1.58. The minimum Gasteiger partial charge on any atom is -0.490 e. The lowest BCUT2D eigenvalue weighted by Crippen LogP contribution is -2.37. The third-order valence-electron chi connectivity index (χ3n) is 4.38. The monoisotopic (exact) mass is 576 g/mol. The van der Waals surface area contributed by atoms with Crippen LogP contribution in [0.3, 0.4) is 0 Å². The van der Waals surface area contributed by atoms with Crippen LogP contribution in [0.2, 0.25) is 5.02 Å². The van der Waals surface area contributed by atoms with Crippen molar-refractivity contribution in [3.05, 3.63) is 75.6 Å². The quantitative estimate of drug-likeness (QED) is 0.190. The molecule has 3 aromatic rings. The molecule has 188 valence electrons. The van der Waals surface area contributed by atoms with Crippen LogP contribution in [0.1, 0.15) is 18.2 Å². The summed E-state index contributed by atoms with van der Waals surface area (Å²) in [7, 11) is 0. The van der Waals surface area contributed by atoms with E-state index >= 15 is 0 Å². The first-order valence-electron chi connectivity index (χ1n) is 10.6. The van der Waals surface area contributed by atoms with Crippen molar-refractivity contribution >= 4 is 57.2 Å². The third kappa shape index (κ3) is 8.14. The van der Waals surface area contributed by atoms with E-state index in [4.69, 9.17) is 25.5 Å². The van der Waals surface area contributed by atoms with E-state index in [2.05, 4.69) is 37.1 Å². The minimum atomic E-state index is -0.937. The van der Waals surface area contributed by atoms with Crippen LogP contribution in [0.15, 0.2) is 68.8 Å². The van der Waals surface area contributed by atoms with E-state index in [1.54, 1.807) is 55.5 Å². The predicted molar refractivity (Wildman–Crippen MR) is 137 cm³/mol. The van der Waals surface area contributed by atoms with Crippen LogP contribution in [0.4, 0.5) is 5.69 Å². The number of nitrogens with one attached hydrogen (secondary N) is 3. The van der Waals surface area contributed by atoms with Gasteiger partial charge in [0.05, 0.1) is 30.1 Å². The Morgan fingerprint density at radius 2 is 1.94 bits per heavy atom.